The van der Waals surface area contributed by atoms with Gasteiger partial charge in [0.25, 0.3) is 0 Å². The number of aliphatic hydroxyl groups excluding tert-OH is 1. The van der Waals surface area contributed by atoms with Crippen LogP contribution in [0.3, 0.4) is 0 Å². The first kappa shape index (κ1) is 16.8. The minimum atomic E-state index is -4.68. The molecule has 0 saturated heterocycles. The maximum Gasteiger partial charge on any atom is 0.573 e. The lowest BCUT2D eigenvalue weighted by atomic mass is 10.1. The van der Waals surface area contributed by atoms with E-state index in [1.807, 2.05) is 13.8 Å². The van der Waals surface area contributed by atoms with E-state index in [0.717, 1.165) is 5.56 Å². The van der Waals surface area contributed by atoms with E-state index in [1.165, 1.54) is 18.2 Å². The van der Waals surface area contributed by atoms with Crippen LogP contribution in [0.4, 0.5) is 13.2 Å². The van der Waals surface area contributed by atoms with Crippen LogP contribution in [0, 0.1) is 5.92 Å². The van der Waals surface area contributed by atoms with Crippen molar-refractivity contribution < 1.29 is 23.0 Å². The first-order valence-corrected chi connectivity index (χ1v) is 6.51. The van der Waals surface area contributed by atoms with Gasteiger partial charge in [0, 0.05) is 12.6 Å². The van der Waals surface area contributed by atoms with Gasteiger partial charge in [0.2, 0.25) is 0 Å². The first-order valence-electron chi connectivity index (χ1n) is 6.51. The molecule has 0 aliphatic rings. The number of halogens is 3. The molecule has 0 amide bonds. The van der Waals surface area contributed by atoms with Crippen LogP contribution >= 0.6 is 0 Å². The molecule has 2 unspecified atom stereocenters. The highest BCUT2D eigenvalue weighted by Gasteiger charge is 2.31. The van der Waals surface area contributed by atoms with Gasteiger partial charge in [-0.15, -0.1) is 13.2 Å². The van der Waals surface area contributed by atoms with Crippen LogP contribution in [0.15, 0.2) is 24.3 Å². The van der Waals surface area contributed by atoms with Gasteiger partial charge in [0.1, 0.15) is 5.75 Å². The number of alkyl halides is 3. The average molecular weight is 291 g/mol. The van der Waals surface area contributed by atoms with Crippen molar-refractivity contribution >= 4 is 0 Å². The molecular formula is C14H20F3NO2. The molecule has 20 heavy (non-hydrogen) atoms. The van der Waals surface area contributed by atoms with E-state index in [0.29, 0.717) is 18.9 Å². The Hall–Kier alpha value is -1.27. The van der Waals surface area contributed by atoms with Crippen LogP contribution in [0.5, 0.6) is 5.75 Å². The lowest BCUT2D eigenvalue weighted by Crippen LogP contribution is -2.25. The van der Waals surface area contributed by atoms with Gasteiger partial charge in [-0.2, -0.15) is 0 Å². The summed E-state index contributed by atoms with van der Waals surface area (Å²) in [5.74, 6) is 0.0871. The van der Waals surface area contributed by atoms with Crippen molar-refractivity contribution in [2.45, 2.75) is 32.7 Å². The van der Waals surface area contributed by atoms with Gasteiger partial charge in [0.15, 0.2) is 0 Å². The molecule has 2 N–H and O–H groups in total. The SMILES string of the molecule is CC(CCO)CNC(C)c1cccc(OC(F)(F)F)c1. The number of hydrogen-bond acceptors (Lipinski definition) is 3. The molecule has 0 spiro atoms. The standard InChI is InChI=1S/C14H20F3NO2/c1-10(6-7-19)9-18-11(2)12-4-3-5-13(8-12)20-14(15,16)17/h3-5,8,10-11,18-19H,6-7,9H2,1-2H3. The summed E-state index contributed by atoms with van der Waals surface area (Å²) in [6.45, 7) is 4.69. The molecule has 2 atom stereocenters. The predicted octanol–water partition coefficient (Wildman–Crippen LogP) is 3.25. The molecule has 0 aromatic heterocycles. The molecule has 1 rings (SSSR count). The van der Waals surface area contributed by atoms with Gasteiger partial charge in [-0.05, 0) is 43.5 Å². The Kier molecular flexibility index (Phi) is 6.29. The molecular weight excluding hydrogens is 271 g/mol. The van der Waals surface area contributed by atoms with E-state index < -0.39 is 6.36 Å². The summed E-state index contributed by atoms with van der Waals surface area (Å²) in [6, 6.07) is 5.84. The molecule has 0 aliphatic heterocycles. The molecule has 6 heteroatoms. The lowest BCUT2D eigenvalue weighted by Gasteiger charge is -2.18. The summed E-state index contributed by atoms with van der Waals surface area (Å²) < 4.78 is 40.3. The molecule has 3 nitrogen and oxygen atoms in total. The van der Waals surface area contributed by atoms with Crippen LogP contribution in [-0.4, -0.2) is 24.6 Å². The highest BCUT2D eigenvalue weighted by Crippen LogP contribution is 2.25. The van der Waals surface area contributed by atoms with E-state index >= 15 is 0 Å². The zero-order chi connectivity index (χ0) is 15.2. The number of benzene rings is 1. The molecule has 0 bridgehead atoms. The number of hydrogen-bond donors (Lipinski definition) is 2. The minimum Gasteiger partial charge on any atom is -0.406 e. The van der Waals surface area contributed by atoms with Gasteiger partial charge in [-0.3, -0.25) is 0 Å². The van der Waals surface area contributed by atoms with E-state index in [4.69, 9.17) is 5.11 Å². The number of aliphatic hydroxyl groups is 1. The van der Waals surface area contributed by atoms with Crippen molar-refractivity contribution in [1.82, 2.24) is 5.32 Å². The van der Waals surface area contributed by atoms with Gasteiger partial charge < -0.3 is 15.2 Å². The fraction of sp³-hybridized carbons (Fsp3) is 0.571. The van der Waals surface area contributed by atoms with Crippen molar-refractivity contribution in [2.75, 3.05) is 13.2 Å². The highest BCUT2D eigenvalue weighted by atomic mass is 19.4. The molecule has 0 saturated carbocycles. The average Bonchev–Trinajstić information content (AvgIpc) is 2.34. The summed E-state index contributed by atoms with van der Waals surface area (Å²) in [7, 11) is 0. The minimum absolute atomic E-state index is 0.0899. The summed E-state index contributed by atoms with van der Waals surface area (Å²) in [4.78, 5) is 0. The third kappa shape index (κ3) is 6.25. The second-order valence-electron chi connectivity index (χ2n) is 4.87. The zero-order valence-electron chi connectivity index (χ0n) is 11.6. The van der Waals surface area contributed by atoms with E-state index in [1.54, 1.807) is 6.07 Å². The summed E-state index contributed by atoms with van der Waals surface area (Å²) in [6.07, 6.45) is -3.98. The Morgan fingerprint density at radius 1 is 1.30 bits per heavy atom. The highest BCUT2D eigenvalue weighted by molar-refractivity contribution is 5.30. The van der Waals surface area contributed by atoms with Crippen molar-refractivity contribution in [3.05, 3.63) is 29.8 Å². The normalized spacial score (nSPS) is 14.9. The van der Waals surface area contributed by atoms with Crippen LogP contribution in [-0.2, 0) is 0 Å². The van der Waals surface area contributed by atoms with Crippen LogP contribution < -0.4 is 10.1 Å². The number of nitrogens with one attached hydrogen (secondary N) is 1. The smallest absolute Gasteiger partial charge is 0.406 e. The molecule has 114 valence electrons. The summed E-state index contributed by atoms with van der Waals surface area (Å²) in [5, 5.41) is 12.0. The monoisotopic (exact) mass is 291 g/mol. The third-order valence-electron chi connectivity index (χ3n) is 2.99. The third-order valence-corrected chi connectivity index (χ3v) is 2.99. The fourth-order valence-corrected chi connectivity index (χ4v) is 1.80. The Labute approximate surface area is 116 Å². The fourth-order valence-electron chi connectivity index (χ4n) is 1.80. The second-order valence-corrected chi connectivity index (χ2v) is 4.87. The van der Waals surface area contributed by atoms with Gasteiger partial charge in [-0.25, -0.2) is 0 Å². The van der Waals surface area contributed by atoms with Gasteiger partial charge in [-0.1, -0.05) is 19.1 Å². The van der Waals surface area contributed by atoms with Gasteiger partial charge in [0.05, 0.1) is 0 Å². The van der Waals surface area contributed by atoms with E-state index in [9.17, 15) is 13.2 Å². The molecule has 1 aromatic rings. The van der Waals surface area contributed by atoms with Crippen molar-refractivity contribution in [2.24, 2.45) is 5.92 Å². The van der Waals surface area contributed by atoms with Crippen molar-refractivity contribution in [3.8, 4) is 5.75 Å². The van der Waals surface area contributed by atoms with Crippen LogP contribution in [0.1, 0.15) is 31.9 Å². The number of ether oxygens (including phenoxy) is 1. The Morgan fingerprint density at radius 3 is 2.60 bits per heavy atom. The van der Waals surface area contributed by atoms with Gasteiger partial charge >= 0.3 is 6.36 Å². The molecule has 0 aliphatic carbocycles. The van der Waals surface area contributed by atoms with Crippen molar-refractivity contribution in [3.63, 3.8) is 0 Å². The Bertz CT molecular complexity index is 410. The predicted molar refractivity (Wildman–Crippen MR) is 70.4 cm³/mol. The van der Waals surface area contributed by atoms with Crippen molar-refractivity contribution in [1.29, 1.82) is 0 Å². The van der Waals surface area contributed by atoms with Crippen LogP contribution in [0.25, 0.3) is 0 Å². The first-order chi connectivity index (χ1) is 9.31. The Balaban J connectivity index is 2.60. The van der Waals surface area contributed by atoms with E-state index in [-0.39, 0.29) is 18.4 Å². The zero-order valence-corrected chi connectivity index (χ0v) is 11.6. The quantitative estimate of drug-likeness (QED) is 0.810. The maximum atomic E-state index is 12.2. The molecule has 0 radical (unpaired) electrons. The maximum absolute atomic E-state index is 12.2. The topological polar surface area (TPSA) is 41.5 Å². The Morgan fingerprint density at radius 2 is 2.00 bits per heavy atom. The molecule has 0 heterocycles. The largest absolute Gasteiger partial charge is 0.573 e. The molecule has 1 aromatic carbocycles. The second kappa shape index (κ2) is 7.50. The summed E-state index contributed by atoms with van der Waals surface area (Å²) in [5.41, 5.74) is 0.725. The summed E-state index contributed by atoms with van der Waals surface area (Å²) >= 11 is 0. The molecule has 0 fully saturated rings. The van der Waals surface area contributed by atoms with Crippen LogP contribution in [0.2, 0.25) is 0 Å². The van der Waals surface area contributed by atoms with E-state index in [2.05, 4.69) is 10.1 Å². The number of rotatable bonds is 7. The lowest BCUT2D eigenvalue weighted by molar-refractivity contribution is -0.274.